The Morgan fingerprint density at radius 1 is 1.05 bits per heavy atom. The quantitative estimate of drug-likeness (QED) is 0.361. The number of aliphatic hydroxyl groups excluding tert-OH is 2. The highest BCUT2D eigenvalue weighted by molar-refractivity contribution is 5.92. The molecular weight excluding hydrogens is 472 g/mol. The first kappa shape index (κ1) is 29.1. The first-order valence-corrected chi connectivity index (χ1v) is 13.8. The van der Waals surface area contributed by atoms with E-state index in [0.29, 0.717) is 25.8 Å². The highest BCUT2D eigenvalue weighted by Gasteiger charge is 2.44. The minimum atomic E-state index is -1.02. The van der Waals surface area contributed by atoms with Crippen molar-refractivity contribution in [1.82, 2.24) is 10.2 Å². The lowest BCUT2D eigenvalue weighted by Gasteiger charge is -2.34. The third-order valence-electron chi connectivity index (χ3n) is 7.86. The van der Waals surface area contributed by atoms with Gasteiger partial charge in [0, 0.05) is 19.4 Å². The van der Waals surface area contributed by atoms with Gasteiger partial charge in [-0.15, -0.1) is 0 Å². The van der Waals surface area contributed by atoms with Gasteiger partial charge in [-0.25, -0.2) is 4.79 Å². The van der Waals surface area contributed by atoms with E-state index in [1.807, 2.05) is 44.2 Å². The molecule has 8 nitrogen and oxygen atoms in total. The molecule has 0 radical (unpaired) electrons. The van der Waals surface area contributed by atoms with E-state index < -0.39 is 36.2 Å². The average Bonchev–Trinajstić information content (AvgIpc) is 3.26. The van der Waals surface area contributed by atoms with Crippen molar-refractivity contribution < 1.29 is 29.3 Å². The number of fused-ring (bicyclic) bond motifs is 1. The maximum absolute atomic E-state index is 13.7. The lowest BCUT2D eigenvalue weighted by Crippen LogP contribution is -2.55. The predicted molar refractivity (Wildman–Crippen MR) is 140 cm³/mol. The first-order valence-electron chi connectivity index (χ1n) is 13.8. The van der Waals surface area contributed by atoms with Gasteiger partial charge in [0.2, 0.25) is 11.8 Å². The van der Waals surface area contributed by atoms with Gasteiger partial charge >= 0.3 is 5.97 Å². The molecule has 2 aliphatic rings. The van der Waals surface area contributed by atoms with Crippen LogP contribution in [-0.4, -0.2) is 69.8 Å². The molecule has 0 saturated carbocycles. The lowest BCUT2D eigenvalue weighted by molar-refractivity contribution is -0.163. The number of nitrogens with zero attached hydrogens (tertiary/aromatic N) is 1. The number of rotatable bonds is 8. The Labute approximate surface area is 220 Å². The molecule has 8 atom stereocenters. The van der Waals surface area contributed by atoms with Gasteiger partial charge < -0.3 is 25.2 Å². The van der Waals surface area contributed by atoms with Crippen LogP contribution >= 0.6 is 0 Å². The number of cyclic esters (lactones) is 1. The summed E-state index contributed by atoms with van der Waals surface area (Å²) in [6.07, 6.45) is 2.19. The molecule has 1 aromatic carbocycles. The molecule has 8 heteroatoms. The van der Waals surface area contributed by atoms with Crippen LogP contribution in [0.1, 0.15) is 71.8 Å². The van der Waals surface area contributed by atoms with Crippen LogP contribution in [0.15, 0.2) is 30.3 Å². The van der Waals surface area contributed by atoms with E-state index in [9.17, 15) is 24.6 Å². The molecule has 0 aliphatic carbocycles. The van der Waals surface area contributed by atoms with E-state index in [-0.39, 0.29) is 36.2 Å². The van der Waals surface area contributed by atoms with Crippen LogP contribution in [0.3, 0.4) is 0 Å². The summed E-state index contributed by atoms with van der Waals surface area (Å²) in [7, 11) is 0. The van der Waals surface area contributed by atoms with Gasteiger partial charge in [0.05, 0.1) is 18.1 Å². The van der Waals surface area contributed by atoms with Crippen molar-refractivity contribution in [3.8, 4) is 0 Å². The Hall–Kier alpha value is -2.45. The zero-order chi connectivity index (χ0) is 27.1. The molecule has 0 spiro atoms. The number of aliphatic hydroxyl groups is 2. The van der Waals surface area contributed by atoms with Gasteiger partial charge in [-0.05, 0) is 43.6 Å². The second-order valence-electron chi connectivity index (χ2n) is 11.3. The number of carbonyl (C=O) groups is 3. The van der Waals surface area contributed by atoms with Gasteiger partial charge in [0.25, 0.3) is 0 Å². The zero-order valence-corrected chi connectivity index (χ0v) is 22.6. The third kappa shape index (κ3) is 8.01. The van der Waals surface area contributed by atoms with Gasteiger partial charge in [-0.2, -0.15) is 0 Å². The Kier molecular flexibility index (Phi) is 10.5. The second-order valence-corrected chi connectivity index (χ2v) is 11.3. The fourth-order valence-corrected chi connectivity index (χ4v) is 5.40. The highest BCUT2D eigenvalue weighted by atomic mass is 16.5. The molecular formula is C29H44N2O6. The fourth-order valence-electron chi connectivity index (χ4n) is 5.40. The summed E-state index contributed by atoms with van der Waals surface area (Å²) in [6, 6.07) is 7.91. The van der Waals surface area contributed by atoms with E-state index in [0.717, 1.165) is 24.8 Å². The van der Waals surface area contributed by atoms with E-state index >= 15 is 0 Å². The average molecular weight is 517 g/mol. The van der Waals surface area contributed by atoms with E-state index in [4.69, 9.17) is 4.74 Å². The monoisotopic (exact) mass is 516 g/mol. The van der Waals surface area contributed by atoms with Crippen molar-refractivity contribution in [3.63, 3.8) is 0 Å². The van der Waals surface area contributed by atoms with Crippen molar-refractivity contribution in [2.75, 3.05) is 6.54 Å². The molecule has 2 amide bonds. The number of hydrogen-bond donors (Lipinski definition) is 3. The van der Waals surface area contributed by atoms with Crippen molar-refractivity contribution in [3.05, 3.63) is 35.9 Å². The molecule has 0 bridgehead atoms. The number of nitrogens with one attached hydrogen (secondary N) is 1. The number of esters is 1. The second kappa shape index (κ2) is 13.4. The normalized spacial score (nSPS) is 31.0. The molecule has 1 aromatic rings. The molecule has 37 heavy (non-hydrogen) atoms. The van der Waals surface area contributed by atoms with Crippen LogP contribution in [0.2, 0.25) is 0 Å². The Balaban J connectivity index is 1.84. The summed E-state index contributed by atoms with van der Waals surface area (Å²) in [6.45, 7) is 7.82. The van der Waals surface area contributed by atoms with Gasteiger partial charge in [0.1, 0.15) is 18.2 Å². The standard InChI is InChI=1S/C29H44N2O6/c1-18-14-24-29(36)37-26(19(2)10-8-9-11-20(3)32)16-25(33)21(4)27(34)30-23(28(35)31(24)17-18)15-22-12-6-5-7-13-22/h5-7,12-13,18-21,23-26,32-33H,8-11,14-17H2,1-4H3,(H,30,34)/t18-,19-,20+,21-,23?,24-,25+,26-/m0/s1. The number of amides is 2. The van der Waals surface area contributed by atoms with Gasteiger partial charge in [-0.3, -0.25) is 9.59 Å². The van der Waals surface area contributed by atoms with E-state index in [1.54, 1.807) is 18.7 Å². The molecule has 2 heterocycles. The van der Waals surface area contributed by atoms with Crippen molar-refractivity contribution in [1.29, 1.82) is 0 Å². The summed E-state index contributed by atoms with van der Waals surface area (Å²) >= 11 is 0. The first-order chi connectivity index (χ1) is 17.6. The topological polar surface area (TPSA) is 116 Å². The SMILES string of the molecule is C[C@H]1C[C@H]2C(=O)O[C@H]([C@@H](C)CCCC[C@@H](C)O)C[C@@H](O)[C@H](C)C(=O)NC(Cc3ccccc3)C(=O)N2C1. The number of hydrogen-bond acceptors (Lipinski definition) is 6. The third-order valence-corrected chi connectivity index (χ3v) is 7.86. The molecule has 2 saturated heterocycles. The number of carbonyl (C=O) groups excluding carboxylic acids is 3. The summed E-state index contributed by atoms with van der Waals surface area (Å²) in [4.78, 5) is 41.9. The van der Waals surface area contributed by atoms with E-state index in [1.165, 1.54) is 0 Å². The van der Waals surface area contributed by atoms with Gasteiger partial charge in [-0.1, -0.05) is 63.9 Å². The van der Waals surface area contributed by atoms with Gasteiger partial charge in [0.15, 0.2) is 0 Å². The minimum absolute atomic E-state index is 0.0420. The summed E-state index contributed by atoms with van der Waals surface area (Å²) in [5, 5.41) is 23.4. The predicted octanol–water partition coefficient (Wildman–Crippen LogP) is 2.84. The van der Waals surface area contributed by atoms with Crippen LogP contribution < -0.4 is 5.32 Å². The Morgan fingerprint density at radius 3 is 2.41 bits per heavy atom. The van der Waals surface area contributed by atoms with Crippen LogP contribution in [0, 0.1) is 17.8 Å². The lowest BCUT2D eigenvalue weighted by atomic mass is 9.89. The zero-order valence-electron chi connectivity index (χ0n) is 22.6. The maximum atomic E-state index is 13.7. The van der Waals surface area contributed by atoms with Crippen molar-refractivity contribution in [2.45, 2.75) is 103 Å². The number of benzene rings is 1. The fraction of sp³-hybridized carbons (Fsp3) is 0.690. The minimum Gasteiger partial charge on any atom is -0.460 e. The van der Waals surface area contributed by atoms with E-state index in [2.05, 4.69) is 5.32 Å². The maximum Gasteiger partial charge on any atom is 0.329 e. The molecule has 3 rings (SSSR count). The van der Waals surface area contributed by atoms with Crippen molar-refractivity contribution >= 4 is 17.8 Å². The molecule has 206 valence electrons. The Morgan fingerprint density at radius 2 is 1.73 bits per heavy atom. The summed E-state index contributed by atoms with van der Waals surface area (Å²) in [5.74, 6) is -1.82. The molecule has 3 N–H and O–H groups in total. The Bertz CT molecular complexity index is 907. The molecule has 1 unspecified atom stereocenters. The molecule has 0 aromatic heterocycles. The number of ether oxygens (including phenoxy) is 1. The smallest absolute Gasteiger partial charge is 0.329 e. The van der Waals surface area contributed by atoms with Crippen LogP contribution in [-0.2, 0) is 25.5 Å². The molecule has 2 aliphatic heterocycles. The van der Waals surface area contributed by atoms with Crippen LogP contribution in [0.25, 0.3) is 0 Å². The van der Waals surface area contributed by atoms with Crippen LogP contribution in [0.4, 0.5) is 0 Å². The van der Waals surface area contributed by atoms with Crippen LogP contribution in [0.5, 0.6) is 0 Å². The highest BCUT2D eigenvalue weighted by Crippen LogP contribution is 2.29. The largest absolute Gasteiger partial charge is 0.460 e. The summed E-state index contributed by atoms with van der Waals surface area (Å²) in [5.41, 5.74) is 0.900. The molecule has 2 fully saturated rings. The van der Waals surface area contributed by atoms with Crippen molar-refractivity contribution in [2.24, 2.45) is 17.8 Å². The number of unbranched alkanes of at least 4 members (excludes halogenated alkanes) is 1. The summed E-state index contributed by atoms with van der Waals surface area (Å²) < 4.78 is 6.01.